The number of carboxylic acid groups (broad SMARTS) is 1. The number of carbonyl (C=O) groups is 2. The van der Waals surface area contributed by atoms with Gasteiger partial charge in [0.1, 0.15) is 6.33 Å². The Morgan fingerprint density at radius 2 is 1.69 bits per heavy atom. The van der Waals surface area contributed by atoms with Crippen LogP contribution in [0.3, 0.4) is 0 Å². The fourth-order valence-electron chi connectivity index (χ4n) is 5.18. The molecule has 4 N–H and O–H groups in total. The molecular weight excluding hydrogens is 592 g/mol. The van der Waals surface area contributed by atoms with Gasteiger partial charge in [0, 0.05) is 37.1 Å². The number of hydrogen-bond donors (Lipinski definition) is 4. The number of thioether (sulfide) groups is 1. The SMILES string of the molecule is O=C(O)CCCCCC(=O)NCc1cccc(-c2ccc(C3OC(CSc4ncn[nH]4)CC(c4ccc(CO)cc4)O3)cc2)c1. The second kappa shape index (κ2) is 16.3. The molecular formula is C34H38N4O6S. The monoisotopic (exact) mass is 630 g/mol. The van der Waals surface area contributed by atoms with Gasteiger partial charge in [0.25, 0.3) is 0 Å². The van der Waals surface area contributed by atoms with Crippen LogP contribution in [0.15, 0.2) is 84.3 Å². The van der Waals surface area contributed by atoms with Crippen LogP contribution in [0.2, 0.25) is 0 Å². The Labute approximate surface area is 266 Å². The minimum absolute atomic E-state index is 0.00450. The molecule has 10 nitrogen and oxygen atoms in total. The number of H-pyrrole nitrogens is 1. The van der Waals surface area contributed by atoms with Crippen LogP contribution in [0.25, 0.3) is 11.1 Å². The quantitative estimate of drug-likeness (QED) is 0.0924. The second-order valence-electron chi connectivity index (χ2n) is 11.0. The average Bonchev–Trinajstić information content (AvgIpc) is 3.60. The number of aliphatic hydroxyl groups is 1. The lowest BCUT2D eigenvalue weighted by Crippen LogP contribution is -2.31. The Morgan fingerprint density at radius 1 is 0.911 bits per heavy atom. The standard InChI is InChI=1S/C34H38N4O6S/c39-20-23-9-11-26(12-10-23)30-18-29(21-45-34-36-22-37-38-34)43-33(44-30)27-15-13-25(14-16-27)28-6-4-5-24(17-28)19-35-31(40)7-2-1-3-8-32(41)42/h4-6,9-17,22,29-30,33,39H,1-3,7-8,18-21H2,(H,35,40)(H,41,42)(H,36,37,38). The number of hydrogen-bond acceptors (Lipinski definition) is 8. The van der Waals surface area contributed by atoms with Crippen molar-refractivity contribution in [3.8, 4) is 11.1 Å². The van der Waals surface area contributed by atoms with Gasteiger partial charge in [0.05, 0.1) is 18.8 Å². The van der Waals surface area contributed by atoms with Gasteiger partial charge in [0.15, 0.2) is 11.4 Å². The Morgan fingerprint density at radius 3 is 2.42 bits per heavy atom. The number of unbranched alkanes of at least 4 members (excludes halogenated alkanes) is 2. The van der Waals surface area contributed by atoms with Crippen molar-refractivity contribution in [1.29, 1.82) is 0 Å². The van der Waals surface area contributed by atoms with Crippen molar-refractivity contribution in [3.63, 3.8) is 0 Å². The highest BCUT2D eigenvalue weighted by Crippen LogP contribution is 2.39. The van der Waals surface area contributed by atoms with Gasteiger partial charge >= 0.3 is 5.97 Å². The predicted octanol–water partition coefficient (Wildman–Crippen LogP) is 5.95. The van der Waals surface area contributed by atoms with Crippen LogP contribution < -0.4 is 5.32 Å². The normalized spacial score (nSPS) is 18.0. The number of aromatic amines is 1. The van der Waals surface area contributed by atoms with Crippen molar-refractivity contribution >= 4 is 23.6 Å². The lowest BCUT2D eigenvalue weighted by atomic mass is 9.99. The number of nitrogens with zero attached hydrogens (tertiary/aromatic N) is 2. The molecule has 0 aliphatic carbocycles. The first kappa shape index (κ1) is 32.4. The third-order valence-electron chi connectivity index (χ3n) is 7.64. The zero-order valence-electron chi connectivity index (χ0n) is 24.9. The van der Waals surface area contributed by atoms with Crippen molar-refractivity contribution in [3.05, 3.63) is 101 Å². The third-order valence-corrected chi connectivity index (χ3v) is 8.65. The highest BCUT2D eigenvalue weighted by Gasteiger charge is 2.32. The predicted molar refractivity (Wildman–Crippen MR) is 170 cm³/mol. The summed E-state index contributed by atoms with van der Waals surface area (Å²) in [6.07, 6.45) is 3.88. The summed E-state index contributed by atoms with van der Waals surface area (Å²) in [6, 6.07) is 24.1. The first-order valence-electron chi connectivity index (χ1n) is 15.1. The van der Waals surface area contributed by atoms with E-state index in [4.69, 9.17) is 14.6 Å². The van der Waals surface area contributed by atoms with Gasteiger partial charge in [0.2, 0.25) is 5.91 Å². The van der Waals surface area contributed by atoms with Crippen LogP contribution in [0, 0.1) is 0 Å². The van der Waals surface area contributed by atoms with E-state index in [2.05, 4.69) is 38.7 Å². The van der Waals surface area contributed by atoms with E-state index in [0.29, 0.717) is 38.0 Å². The molecule has 3 aromatic carbocycles. The molecule has 236 valence electrons. The third kappa shape index (κ3) is 9.73. The minimum Gasteiger partial charge on any atom is -0.481 e. The number of ether oxygens (including phenoxy) is 2. The second-order valence-corrected chi connectivity index (χ2v) is 12.0. The highest BCUT2D eigenvalue weighted by molar-refractivity contribution is 7.99. The maximum Gasteiger partial charge on any atom is 0.303 e. The number of aromatic nitrogens is 3. The molecule has 0 bridgehead atoms. The van der Waals surface area contributed by atoms with Crippen LogP contribution in [-0.2, 0) is 32.2 Å². The molecule has 3 unspecified atom stereocenters. The van der Waals surface area contributed by atoms with E-state index in [0.717, 1.165) is 45.0 Å². The molecule has 1 aromatic heterocycles. The number of nitrogens with one attached hydrogen (secondary N) is 2. The highest BCUT2D eigenvalue weighted by atomic mass is 32.2. The number of carboxylic acids is 1. The summed E-state index contributed by atoms with van der Waals surface area (Å²) in [5.74, 6) is -0.151. The Hall–Kier alpha value is -4.03. The summed E-state index contributed by atoms with van der Waals surface area (Å²) in [4.78, 5) is 27.1. The number of benzene rings is 3. The van der Waals surface area contributed by atoms with E-state index in [9.17, 15) is 14.7 Å². The molecule has 5 rings (SSSR count). The zero-order chi connectivity index (χ0) is 31.4. The summed E-state index contributed by atoms with van der Waals surface area (Å²) < 4.78 is 12.9. The Balaban J connectivity index is 1.21. The number of aliphatic hydroxyl groups excluding tert-OH is 1. The summed E-state index contributed by atoms with van der Waals surface area (Å²) in [5.41, 5.74) is 5.87. The van der Waals surface area contributed by atoms with Gasteiger partial charge in [-0.25, -0.2) is 4.98 Å². The maximum absolute atomic E-state index is 12.3. The van der Waals surface area contributed by atoms with Gasteiger partial charge in [-0.2, -0.15) is 5.10 Å². The summed E-state index contributed by atoms with van der Waals surface area (Å²) >= 11 is 1.56. The zero-order valence-corrected chi connectivity index (χ0v) is 25.7. The van der Waals surface area contributed by atoms with E-state index in [-0.39, 0.29) is 31.1 Å². The van der Waals surface area contributed by atoms with Gasteiger partial charge in [-0.3, -0.25) is 14.7 Å². The van der Waals surface area contributed by atoms with Gasteiger partial charge < -0.3 is 25.0 Å². The van der Waals surface area contributed by atoms with E-state index in [1.54, 1.807) is 11.8 Å². The summed E-state index contributed by atoms with van der Waals surface area (Å²) in [6.45, 7) is 0.424. The smallest absolute Gasteiger partial charge is 0.303 e. The van der Waals surface area contributed by atoms with E-state index < -0.39 is 12.3 Å². The fraction of sp³-hybridized carbons (Fsp3) is 0.353. The summed E-state index contributed by atoms with van der Waals surface area (Å²) in [7, 11) is 0. The van der Waals surface area contributed by atoms with Crippen molar-refractivity contribution in [1.82, 2.24) is 20.5 Å². The molecule has 0 saturated carbocycles. The molecule has 0 spiro atoms. The van der Waals surface area contributed by atoms with Crippen LogP contribution >= 0.6 is 11.8 Å². The molecule has 4 aromatic rings. The Bertz CT molecular complexity index is 1510. The first-order chi connectivity index (χ1) is 22.0. The summed E-state index contributed by atoms with van der Waals surface area (Å²) in [5, 5.41) is 28.7. The molecule has 45 heavy (non-hydrogen) atoms. The topological polar surface area (TPSA) is 147 Å². The Kier molecular flexibility index (Phi) is 11.7. The number of carbonyl (C=O) groups excluding carboxylic acids is 1. The largest absolute Gasteiger partial charge is 0.481 e. The van der Waals surface area contributed by atoms with Crippen LogP contribution in [0.1, 0.15) is 73.2 Å². The molecule has 1 aliphatic rings. The lowest BCUT2D eigenvalue weighted by molar-refractivity contribution is -0.245. The minimum atomic E-state index is -0.803. The fourth-order valence-corrected chi connectivity index (χ4v) is 5.98. The first-order valence-corrected chi connectivity index (χ1v) is 16.1. The number of aliphatic carboxylic acids is 1. The number of rotatable bonds is 15. The average molecular weight is 631 g/mol. The van der Waals surface area contributed by atoms with E-state index in [1.807, 2.05) is 54.6 Å². The van der Waals surface area contributed by atoms with Gasteiger partial charge in [-0.05, 0) is 46.7 Å². The lowest BCUT2D eigenvalue weighted by Gasteiger charge is -2.36. The van der Waals surface area contributed by atoms with Crippen molar-refractivity contribution < 1.29 is 29.3 Å². The molecule has 0 radical (unpaired) electrons. The van der Waals surface area contributed by atoms with Crippen molar-refractivity contribution in [2.24, 2.45) is 0 Å². The van der Waals surface area contributed by atoms with Gasteiger partial charge in [-0.1, -0.05) is 84.9 Å². The molecule has 1 aliphatic heterocycles. The molecule has 2 heterocycles. The molecule has 1 amide bonds. The maximum atomic E-state index is 12.3. The van der Waals surface area contributed by atoms with Crippen LogP contribution in [0.5, 0.6) is 0 Å². The van der Waals surface area contributed by atoms with E-state index >= 15 is 0 Å². The molecule has 3 atom stereocenters. The molecule has 11 heteroatoms. The van der Waals surface area contributed by atoms with Crippen molar-refractivity contribution in [2.75, 3.05) is 5.75 Å². The van der Waals surface area contributed by atoms with Gasteiger partial charge in [-0.15, -0.1) is 0 Å². The number of amides is 1. The van der Waals surface area contributed by atoms with Crippen molar-refractivity contribution in [2.45, 2.75) is 75.3 Å². The van der Waals surface area contributed by atoms with E-state index in [1.165, 1.54) is 6.33 Å². The molecule has 1 saturated heterocycles. The molecule has 1 fully saturated rings. The van der Waals surface area contributed by atoms with Crippen LogP contribution in [0.4, 0.5) is 0 Å². The van der Waals surface area contributed by atoms with Crippen LogP contribution in [-0.4, -0.2) is 49.1 Å².